The van der Waals surface area contributed by atoms with E-state index in [0.717, 1.165) is 26.8 Å². The van der Waals surface area contributed by atoms with E-state index in [-0.39, 0.29) is 17.5 Å². The molecule has 1 aromatic heterocycles. The van der Waals surface area contributed by atoms with Crippen molar-refractivity contribution >= 4 is 22.6 Å². The van der Waals surface area contributed by atoms with Crippen LogP contribution in [0.4, 0.5) is 18.9 Å². The number of carbonyl (C=O) groups is 1. The number of aryl methyl sites for hydroxylation is 4. The van der Waals surface area contributed by atoms with Gasteiger partial charge in [-0.15, -0.1) is 0 Å². The molecule has 164 valence electrons. The van der Waals surface area contributed by atoms with Gasteiger partial charge in [-0.1, -0.05) is 24.6 Å². The fraction of sp³-hybridized carbons (Fsp3) is 0.348. The summed E-state index contributed by atoms with van der Waals surface area (Å²) in [5.74, 6) is -0.560. The van der Waals surface area contributed by atoms with Crippen LogP contribution in [-0.4, -0.2) is 15.5 Å². The predicted octanol–water partition coefficient (Wildman–Crippen LogP) is 5.24. The van der Waals surface area contributed by atoms with Crippen LogP contribution in [0.3, 0.4) is 0 Å². The Morgan fingerprint density at radius 1 is 1.06 bits per heavy atom. The van der Waals surface area contributed by atoms with Crippen LogP contribution in [0.2, 0.25) is 0 Å². The Labute approximate surface area is 177 Å². The molecule has 3 aromatic rings. The van der Waals surface area contributed by atoms with Gasteiger partial charge in [-0.05, 0) is 69.0 Å². The highest BCUT2D eigenvalue weighted by atomic mass is 19.4. The Hall–Kier alpha value is -3.16. The van der Waals surface area contributed by atoms with E-state index in [1.165, 1.54) is 6.07 Å². The lowest BCUT2D eigenvalue weighted by molar-refractivity contribution is -0.142. The molecule has 5 nitrogen and oxygen atoms in total. The Bertz CT molecular complexity index is 1230. The molecule has 0 radical (unpaired) electrons. The zero-order valence-corrected chi connectivity index (χ0v) is 18.0. The summed E-state index contributed by atoms with van der Waals surface area (Å²) in [4.78, 5) is 29.6. The van der Waals surface area contributed by atoms with E-state index >= 15 is 0 Å². The van der Waals surface area contributed by atoms with Crippen LogP contribution in [0.5, 0.6) is 0 Å². The molecule has 0 saturated heterocycles. The molecule has 0 unspecified atom stereocenters. The summed E-state index contributed by atoms with van der Waals surface area (Å²) in [5, 5.41) is 2.76. The van der Waals surface area contributed by atoms with Crippen LogP contribution in [0.15, 0.2) is 35.1 Å². The van der Waals surface area contributed by atoms with Crippen molar-refractivity contribution in [2.75, 3.05) is 5.32 Å². The zero-order valence-electron chi connectivity index (χ0n) is 18.0. The summed E-state index contributed by atoms with van der Waals surface area (Å²) in [7, 11) is 0. The highest BCUT2D eigenvalue weighted by Gasteiger charge is 2.38. The van der Waals surface area contributed by atoms with Crippen molar-refractivity contribution in [2.24, 2.45) is 0 Å². The molecule has 1 atom stereocenters. The number of amides is 1. The van der Waals surface area contributed by atoms with Crippen LogP contribution in [0, 0.1) is 27.7 Å². The van der Waals surface area contributed by atoms with Crippen molar-refractivity contribution in [2.45, 2.75) is 53.3 Å². The van der Waals surface area contributed by atoms with E-state index < -0.39 is 29.4 Å². The number of carbonyl (C=O) groups excluding carboxylic acids is 1. The zero-order chi connectivity index (χ0) is 23.1. The van der Waals surface area contributed by atoms with Crippen LogP contribution in [-0.2, 0) is 11.0 Å². The van der Waals surface area contributed by atoms with Crippen molar-refractivity contribution in [1.82, 2.24) is 9.55 Å². The summed E-state index contributed by atoms with van der Waals surface area (Å²) in [6.07, 6.45) is -4.81. The minimum absolute atomic E-state index is 0.0211. The molecule has 2 aromatic carbocycles. The SMILES string of the molecule is CC[C@@H](C(=O)Nc1ccc(C)cc1C)n1c(=O)c(C(F)(F)F)nc2cc(C)c(C)cc21. The first kappa shape index (κ1) is 22.5. The third kappa shape index (κ3) is 4.33. The van der Waals surface area contributed by atoms with E-state index in [2.05, 4.69) is 10.3 Å². The first-order valence-electron chi connectivity index (χ1n) is 9.92. The second-order valence-corrected chi connectivity index (χ2v) is 7.79. The van der Waals surface area contributed by atoms with Crippen molar-refractivity contribution in [3.8, 4) is 0 Å². The second kappa shape index (κ2) is 8.17. The monoisotopic (exact) mass is 431 g/mol. The van der Waals surface area contributed by atoms with Gasteiger partial charge < -0.3 is 5.32 Å². The highest BCUT2D eigenvalue weighted by molar-refractivity contribution is 5.95. The van der Waals surface area contributed by atoms with Gasteiger partial charge in [-0.3, -0.25) is 14.2 Å². The molecule has 0 aliphatic rings. The van der Waals surface area contributed by atoms with Crippen LogP contribution in [0.25, 0.3) is 11.0 Å². The number of alkyl halides is 3. The molecule has 0 fully saturated rings. The first-order chi connectivity index (χ1) is 14.4. The average Bonchev–Trinajstić information content (AvgIpc) is 2.66. The quantitative estimate of drug-likeness (QED) is 0.615. The number of hydrogen-bond donors (Lipinski definition) is 1. The molecule has 31 heavy (non-hydrogen) atoms. The van der Waals surface area contributed by atoms with Gasteiger partial charge in [0.15, 0.2) is 0 Å². The Balaban J connectivity index is 2.22. The average molecular weight is 431 g/mol. The smallest absolute Gasteiger partial charge is 0.324 e. The molecule has 8 heteroatoms. The molecule has 0 aliphatic heterocycles. The fourth-order valence-corrected chi connectivity index (χ4v) is 3.61. The molecular weight excluding hydrogens is 407 g/mol. The summed E-state index contributed by atoms with van der Waals surface area (Å²) in [6.45, 7) is 8.94. The number of rotatable bonds is 4. The summed E-state index contributed by atoms with van der Waals surface area (Å²) in [6, 6.07) is 7.42. The molecule has 3 rings (SSSR count). The molecular formula is C23H24F3N3O2. The van der Waals surface area contributed by atoms with Crippen LogP contribution in [0.1, 0.15) is 47.3 Å². The lowest BCUT2D eigenvalue weighted by atomic mass is 10.1. The summed E-state index contributed by atoms with van der Waals surface area (Å²) < 4.78 is 41.6. The minimum Gasteiger partial charge on any atom is -0.324 e. The van der Waals surface area contributed by atoms with E-state index in [0.29, 0.717) is 5.69 Å². The fourth-order valence-electron chi connectivity index (χ4n) is 3.61. The largest absolute Gasteiger partial charge is 0.438 e. The number of halogens is 3. The van der Waals surface area contributed by atoms with Crippen molar-refractivity contribution in [3.63, 3.8) is 0 Å². The minimum atomic E-state index is -4.94. The molecule has 0 aliphatic carbocycles. The van der Waals surface area contributed by atoms with Gasteiger partial charge in [0.25, 0.3) is 5.56 Å². The maximum absolute atomic E-state index is 13.6. The number of aromatic nitrogens is 2. The predicted molar refractivity (Wildman–Crippen MR) is 114 cm³/mol. The van der Waals surface area contributed by atoms with E-state index in [4.69, 9.17) is 0 Å². The lowest BCUT2D eigenvalue weighted by Gasteiger charge is -2.22. The number of anilines is 1. The van der Waals surface area contributed by atoms with Crippen LogP contribution >= 0.6 is 0 Å². The molecule has 0 bridgehead atoms. The first-order valence-corrected chi connectivity index (χ1v) is 9.92. The summed E-state index contributed by atoms with van der Waals surface area (Å²) in [5.41, 5.74) is 1.27. The topological polar surface area (TPSA) is 64.0 Å². The number of nitrogens with zero attached hydrogens (tertiary/aromatic N) is 2. The number of fused-ring (bicyclic) bond motifs is 1. The highest BCUT2D eigenvalue weighted by Crippen LogP contribution is 2.29. The van der Waals surface area contributed by atoms with E-state index in [1.807, 2.05) is 26.0 Å². The lowest BCUT2D eigenvalue weighted by Crippen LogP contribution is -2.37. The van der Waals surface area contributed by atoms with Gasteiger partial charge in [0.2, 0.25) is 11.6 Å². The van der Waals surface area contributed by atoms with Crippen molar-refractivity contribution in [1.29, 1.82) is 0 Å². The number of nitrogens with one attached hydrogen (secondary N) is 1. The Morgan fingerprint density at radius 2 is 1.71 bits per heavy atom. The molecule has 1 heterocycles. The molecule has 0 saturated carbocycles. The van der Waals surface area contributed by atoms with Gasteiger partial charge in [0.05, 0.1) is 11.0 Å². The van der Waals surface area contributed by atoms with Crippen molar-refractivity contribution < 1.29 is 18.0 Å². The summed E-state index contributed by atoms with van der Waals surface area (Å²) >= 11 is 0. The number of hydrogen-bond acceptors (Lipinski definition) is 3. The standard InChI is InChI=1S/C23H24F3N3O2/c1-6-18(21(30)28-16-8-7-12(2)9-15(16)5)29-19-11-14(4)13(3)10-17(19)27-20(22(29)31)23(24,25)26/h7-11,18H,6H2,1-5H3,(H,28,30)/t18-/m0/s1. The van der Waals surface area contributed by atoms with Crippen molar-refractivity contribution in [3.05, 3.63) is 68.6 Å². The van der Waals surface area contributed by atoms with Crippen LogP contribution < -0.4 is 10.9 Å². The van der Waals surface area contributed by atoms with Gasteiger partial charge in [0.1, 0.15) is 6.04 Å². The molecule has 0 spiro atoms. The van der Waals surface area contributed by atoms with Gasteiger partial charge >= 0.3 is 6.18 Å². The third-order valence-electron chi connectivity index (χ3n) is 5.41. The second-order valence-electron chi connectivity index (χ2n) is 7.79. The van der Waals surface area contributed by atoms with Gasteiger partial charge in [0, 0.05) is 5.69 Å². The van der Waals surface area contributed by atoms with E-state index in [1.54, 1.807) is 32.9 Å². The molecule has 1 amide bonds. The van der Waals surface area contributed by atoms with Gasteiger partial charge in [-0.25, -0.2) is 4.98 Å². The maximum Gasteiger partial charge on any atom is 0.438 e. The molecule has 1 N–H and O–H groups in total. The third-order valence-corrected chi connectivity index (χ3v) is 5.41. The Morgan fingerprint density at radius 3 is 2.29 bits per heavy atom. The number of benzene rings is 2. The normalized spacial score (nSPS) is 12.8. The Kier molecular flexibility index (Phi) is 5.93. The van der Waals surface area contributed by atoms with Gasteiger partial charge in [-0.2, -0.15) is 13.2 Å². The maximum atomic E-state index is 13.6. The van der Waals surface area contributed by atoms with E-state index in [9.17, 15) is 22.8 Å².